The predicted molar refractivity (Wildman–Crippen MR) is 113 cm³/mol. The number of rotatable bonds is 18. The fraction of sp³-hybridized carbons (Fsp3) is 1.00. The van der Waals surface area contributed by atoms with E-state index in [1.807, 2.05) is 0 Å². The van der Waals surface area contributed by atoms with Gasteiger partial charge in [-0.2, -0.15) is 0 Å². The molecule has 0 unspecified atom stereocenters. The van der Waals surface area contributed by atoms with Crippen molar-refractivity contribution in [3.63, 3.8) is 0 Å². The van der Waals surface area contributed by atoms with Crippen LogP contribution in [0.15, 0.2) is 0 Å². The van der Waals surface area contributed by atoms with Crippen LogP contribution < -0.4 is 0 Å². The van der Waals surface area contributed by atoms with Gasteiger partial charge < -0.3 is 0 Å². The van der Waals surface area contributed by atoms with Gasteiger partial charge >= 0.3 is 317 Å². The van der Waals surface area contributed by atoms with Crippen LogP contribution in [0.1, 0.15) is 0 Å². The Hall–Kier alpha value is -1.76. The molecule has 46 heteroatoms. The van der Waals surface area contributed by atoms with Gasteiger partial charge in [0.25, 0.3) is 0 Å². The molecule has 0 aliphatic rings. The Morgan fingerprint density at radius 2 is 0.361 bits per heavy atom. The van der Waals surface area contributed by atoms with E-state index in [0.717, 1.165) is 0 Å². The quantitative estimate of drug-likeness (QED) is 0.0986. The van der Waals surface area contributed by atoms with E-state index in [1.165, 1.54) is 0 Å². The molecule has 0 aromatic rings. The van der Waals surface area contributed by atoms with Crippen molar-refractivity contribution in [3.8, 4) is 0 Å². The van der Waals surface area contributed by atoms with Crippen molar-refractivity contribution in [1.29, 1.82) is 0 Å². The minimum absolute atomic E-state index is 1.76. The molecule has 0 aromatic heterocycles. The third kappa shape index (κ3) is 8.38. The van der Waals surface area contributed by atoms with Gasteiger partial charge in [0.15, 0.2) is 0 Å². The van der Waals surface area contributed by atoms with Crippen molar-refractivity contribution >= 4 is 51.8 Å². The molecule has 0 N–H and O–H groups in total. The van der Waals surface area contributed by atoms with Crippen molar-refractivity contribution in [2.75, 3.05) is 0 Å². The summed E-state index contributed by atoms with van der Waals surface area (Å²) in [4.78, 5) is 0. The van der Waals surface area contributed by atoms with E-state index >= 15 is 0 Å². The van der Waals surface area contributed by atoms with Crippen molar-refractivity contribution in [3.05, 3.63) is 0 Å². The number of alkyl halides is 33. The maximum absolute atomic E-state index is 14.1. The summed E-state index contributed by atoms with van der Waals surface area (Å²) in [6.45, 7) is 0. The van der Waals surface area contributed by atoms with E-state index in [1.54, 1.807) is 7.38 Å². The van der Waals surface area contributed by atoms with Crippen LogP contribution in [0.25, 0.3) is 0 Å². The monoisotopic (exact) mass is 1170 g/mol. The molecule has 0 aliphatic heterocycles. The Labute approximate surface area is 317 Å². The molecule has 0 aliphatic carbocycles. The molecule has 368 valence electrons. The van der Waals surface area contributed by atoms with E-state index in [0.29, 0.717) is 0 Å². The normalized spacial score (nSPS) is 17.0. The van der Waals surface area contributed by atoms with Gasteiger partial charge in [-0.25, -0.2) is 0 Å². The summed E-state index contributed by atoms with van der Waals surface area (Å²) in [5.74, 6) is -81.8. The van der Waals surface area contributed by atoms with E-state index in [4.69, 9.17) is 0 Å². The Bertz CT molecular complexity index is 1740. The van der Waals surface area contributed by atoms with Crippen LogP contribution in [-0.2, 0) is 37.7 Å². The molecule has 9 nitrogen and oxygen atoms in total. The molecule has 0 heterocycles. The average Bonchev–Trinajstić information content (AvgIpc) is 2.97. The Morgan fingerprint density at radius 3 is 0.475 bits per heavy atom. The van der Waals surface area contributed by atoms with Gasteiger partial charge in [-0.3, -0.25) is 0 Å². The van der Waals surface area contributed by atoms with Gasteiger partial charge in [-0.15, -0.1) is 0 Å². The molecule has 0 atom stereocenters. The minimum atomic E-state index is -9.84. The zero-order chi connectivity index (χ0) is 50.7. The Kier molecular flexibility index (Phi) is 14.7. The molecule has 0 bridgehead atoms. The first-order valence-corrected chi connectivity index (χ1v) is 19.2. The molecular formula is C15F33O9S3Sb. The Morgan fingerprint density at radius 1 is 0.230 bits per heavy atom. The molecule has 0 rings (SSSR count). The fourth-order valence-corrected chi connectivity index (χ4v) is 13.4. The van der Waals surface area contributed by atoms with Gasteiger partial charge in [0.1, 0.15) is 0 Å². The van der Waals surface area contributed by atoms with Gasteiger partial charge in [0.05, 0.1) is 0 Å². The predicted octanol–water partition coefficient (Wildman–Crippen LogP) is 8.19. The van der Waals surface area contributed by atoms with Gasteiger partial charge in [-0.05, 0) is 0 Å². The van der Waals surface area contributed by atoms with Crippen molar-refractivity contribution in [2.45, 2.75) is 87.6 Å². The number of hydrogen-bond acceptors (Lipinski definition) is 9. The van der Waals surface area contributed by atoms with Crippen molar-refractivity contribution < 1.29 is 178 Å². The molecule has 0 spiro atoms. The third-order valence-corrected chi connectivity index (χ3v) is 17.7. The summed E-state index contributed by atoms with van der Waals surface area (Å²) < 4.78 is 512. The average molecular weight is 1170 g/mol. The van der Waals surface area contributed by atoms with Crippen LogP contribution in [0, 0.1) is 0 Å². The van der Waals surface area contributed by atoms with E-state index in [2.05, 4.69) is 0 Å². The summed E-state index contributed by atoms with van der Waals surface area (Å²) in [7, 11) is -29.4. The van der Waals surface area contributed by atoms with Crippen LogP contribution in [-0.4, -0.2) is 134 Å². The topological polar surface area (TPSA) is 130 Å². The maximum atomic E-state index is 14.1. The summed E-state index contributed by atoms with van der Waals surface area (Å²) in [5, 5.41) is -27.4. The van der Waals surface area contributed by atoms with E-state index in [-0.39, 0.29) is 0 Å². The van der Waals surface area contributed by atoms with E-state index in [9.17, 15) is 170 Å². The first-order chi connectivity index (χ1) is 25.5. The molecule has 0 radical (unpaired) electrons. The van der Waals surface area contributed by atoms with Gasteiger partial charge in [0, 0.05) is 0 Å². The molecule has 0 saturated heterocycles. The van der Waals surface area contributed by atoms with Gasteiger partial charge in [0.2, 0.25) is 0 Å². The summed E-state index contributed by atoms with van der Waals surface area (Å²) >= 11 is -9.84. The second-order valence-corrected chi connectivity index (χ2v) is 19.8. The number of halogens is 33. The summed E-state index contributed by atoms with van der Waals surface area (Å²) in [5.41, 5.74) is 0. The molecule has 0 saturated carbocycles. The van der Waals surface area contributed by atoms with Crippen LogP contribution in [0.5, 0.6) is 0 Å². The first-order valence-electron chi connectivity index (χ1n) is 11.9. The molecular weight excluding hydrogens is 1170 g/mol. The van der Waals surface area contributed by atoms with Crippen molar-refractivity contribution in [1.82, 2.24) is 0 Å². The standard InChI is InChI=1S/3C5HF11O3S.Sb/c3*6-1(7,2(8,9)4(12,13)14)3(10,11)5(15,16)20(17,18)19;/h3*(H,17,18,19);/q;;;+3/p-3. The zero-order valence-corrected chi connectivity index (χ0v) is 30.3. The second-order valence-electron chi connectivity index (χ2n) is 10.0. The van der Waals surface area contributed by atoms with Gasteiger partial charge in [-0.1, -0.05) is 0 Å². The molecule has 0 fully saturated rings. The SMILES string of the molecule is O=S(=O)([O][Sb]([O]S(=O)(=O)C(F)(F)C(F)(F)C(F)(F)C(F)(F)C(F)(F)F)[O]S(=O)(=O)C(F)(F)C(F)(F)C(F)(F)C(F)(F)C(F)(F)F)C(F)(F)C(F)(F)C(F)(F)C(F)(F)C(F)(F)F. The molecule has 0 aromatic carbocycles. The van der Waals surface area contributed by atoms with Crippen LogP contribution in [0.3, 0.4) is 0 Å². The first kappa shape index (κ1) is 59.2. The molecule has 0 amide bonds. The zero-order valence-electron chi connectivity index (χ0n) is 25.3. The Balaban J connectivity index is 8.27. The van der Waals surface area contributed by atoms with Crippen LogP contribution in [0.2, 0.25) is 0 Å². The number of hydrogen-bond donors (Lipinski definition) is 0. The third-order valence-electron chi connectivity index (χ3n) is 5.95. The second kappa shape index (κ2) is 15.1. The summed E-state index contributed by atoms with van der Waals surface area (Å²) in [6, 6.07) is 0. The fourth-order valence-electron chi connectivity index (χ4n) is 2.56. The van der Waals surface area contributed by atoms with Crippen LogP contribution in [0.4, 0.5) is 145 Å². The summed E-state index contributed by atoms with van der Waals surface area (Å²) in [6.07, 6.45) is -25.0. The molecule has 61 heavy (non-hydrogen) atoms. The van der Waals surface area contributed by atoms with Crippen LogP contribution >= 0.6 is 0 Å². The van der Waals surface area contributed by atoms with E-state index < -0.39 is 139 Å². The van der Waals surface area contributed by atoms with Crippen molar-refractivity contribution in [2.24, 2.45) is 0 Å².